The third-order valence-electron chi connectivity index (χ3n) is 2.76. The fourth-order valence-corrected chi connectivity index (χ4v) is 3.87. The maximum Gasteiger partial charge on any atom is 0.262 e. The first-order valence-corrected chi connectivity index (χ1v) is 8.77. The normalized spacial score (nSPS) is 11.4. The van der Waals surface area contributed by atoms with Gasteiger partial charge in [-0.15, -0.1) is 0 Å². The molecule has 21 heavy (non-hydrogen) atoms. The molecular formula is C13H11BrCl2N2O2S. The minimum atomic E-state index is -3.82. The Bertz CT molecular complexity index is 810. The highest BCUT2D eigenvalue weighted by atomic mass is 79.9. The average Bonchev–Trinajstić information content (AvgIpc) is 2.37. The van der Waals surface area contributed by atoms with Crippen molar-refractivity contribution in [2.75, 3.05) is 10.5 Å². The lowest BCUT2D eigenvalue weighted by Gasteiger charge is -2.13. The third kappa shape index (κ3) is 3.63. The van der Waals surface area contributed by atoms with Crippen molar-refractivity contribution in [3.8, 4) is 0 Å². The zero-order chi connectivity index (χ0) is 15.8. The van der Waals surface area contributed by atoms with Crippen LogP contribution < -0.4 is 10.5 Å². The topological polar surface area (TPSA) is 72.2 Å². The van der Waals surface area contributed by atoms with E-state index in [4.69, 9.17) is 28.9 Å². The number of halogens is 3. The number of hydrogen-bond acceptors (Lipinski definition) is 3. The molecule has 0 aromatic heterocycles. The smallest absolute Gasteiger partial charge is 0.262 e. The monoisotopic (exact) mass is 408 g/mol. The summed E-state index contributed by atoms with van der Waals surface area (Å²) < 4.78 is 28.1. The summed E-state index contributed by atoms with van der Waals surface area (Å²) in [5, 5.41) is 0.605. The van der Waals surface area contributed by atoms with Crippen molar-refractivity contribution < 1.29 is 8.42 Å². The van der Waals surface area contributed by atoms with E-state index in [1.165, 1.54) is 12.1 Å². The summed E-state index contributed by atoms with van der Waals surface area (Å²) >= 11 is 15.1. The first-order chi connectivity index (χ1) is 9.70. The van der Waals surface area contributed by atoms with Gasteiger partial charge in [0, 0.05) is 4.47 Å². The lowest BCUT2D eigenvalue weighted by atomic mass is 10.2. The van der Waals surface area contributed by atoms with E-state index in [0.717, 1.165) is 0 Å². The molecule has 0 aliphatic heterocycles. The van der Waals surface area contributed by atoms with Crippen molar-refractivity contribution in [1.82, 2.24) is 0 Å². The molecule has 8 heteroatoms. The molecule has 2 rings (SSSR count). The van der Waals surface area contributed by atoms with E-state index in [1.54, 1.807) is 25.1 Å². The molecule has 3 N–H and O–H groups in total. The lowest BCUT2D eigenvalue weighted by molar-refractivity contribution is 0.600. The first-order valence-electron chi connectivity index (χ1n) is 5.74. The zero-order valence-electron chi connectivity index (χ0n) is 10.8. The molecule has 0 radical (unpaired) electrons. The molecule has 0 bridgehead atoms. The third-order valence-corrected chi connectivity index (χ3v) is 5.41. The van der Waals surface area contributed by atoms with Gasteiger partial charge in [0.1, 0.15) is 0 Å². The van der Waals surface area contributed by atoms with Crippen molar-refractivity contribution in [1.29, 1.82) is 0 Å². The van der Waals surface area contributed by atoms with Crippen molar-refractivity contribution in [2.45, 2.75) is 11.8 Å². The zero-order valence-corrected chi connectivity index (χ0v) is 14.7. The minimum Gasteiger partial charge on any atom is -0.397 e. The van der Waals surface area contributed by atoms with E-state index in [1.807, 2.05) is 0 Å². The Balaban J connectivity index is 2.48. The highest BCUT2D eigenvalue weighted by molar-refractivity contribution is 9.10. The second-order valence-electron chi connectivity index (χ2n) is 4.37. The number of rotatable bonds is 3. The molecule has 4 nitrogen and oxygen atoms in total. The van der Waals surface area contributed by atoms with Gasteiger partial charge >= 0.3 is 0 Å². The maximum atomic E-state index is 12.5. The fourth-order valence-electron chi connectivity index (χ4n) is 1.73. The highest BCUT2D eigenvalue weighted by Crippen LogP contribution is 2.31. The van der Waals surface area contributed by atoms with Gasteiger partial charge in [-0.1, -0.05) is 39.1 Å². The molecule has 0 unspecified atom stereocenters. The van der Waals surface area contributed by atoms with Gasteiger partial charge in [0.2, 0.25) is 0 Å². The number of aryl methyl sites for hydroxylation is 1. The Kier molecular flexibility index (Phi) is 4.72. The van der Waals surface area contributed by atoms with Crippen molar-refractivity contribution in [3.63, 3.8) is 0 Å². The summed E-state index contributed by atoms with van der Waals surface area (Å²) in [5.41, 5.74) is 6.64. The van der Waals surface area contributed by atoms with Gasteiger partial charge in [-0.2, -0.15) is 0 Å². The molecule has 0 atom stereocenters. The SMILES string of the molecule is Cc1cc(Cl)c(N)cc1S(=O)(=O)Nc1cc(Br)ccc1Cl. The van der Waals surface area contributed by atoms with Gasteiger partial charge in [0.05, 0.1) is 26.3 Å². The number of sulfonamides is 1. The molecule has 2 aromatic rings. The van der Waals surface area contributed by atoms with Crippen LogP contribution in [-0.4, -0.2) is 8.42 Å². The first kappa shape index (κ1) is 16.4. The Morgan fingerprint density at radius 2 is 1.81 bits per heavy atom. The van der Waals surface area contributed by atoms with Gasteiger partial charge in [0.25, 0.3) is 10.0 Å². The molecule has 0 aliphatic carbocycles. The Hall–Kier alpha value is -0.950. The van der Waals surface area contributed by atoms with E-state index in [0.29, 0.717) is 20.1 Å². The summed E-state index contributed by atoms with van der Waals surface area (Å²) in [5.74, 6) is 0. The van der Waals surface area contributed by atoms with Crippen LogP contribution in [0, 0.1) is 6.92 Å². The molecule has 2 aromatic carbocycles. The number of nitrogens with two attached hydrogens (primary N) is 1. The van der Waals surface area contributed by atoms with E-state index >= 15 is 0 Å². The van der Waals surface area contributed by atoms with Gasteiger partial charge in [0.15, 0.2) is 0 Å². The summed E-state index contributed by atoms with van der Waals surface area (Å²) in [4.78, 5) is 0.0560. The molecule has 0 aliphatic rings. The molecule has 0 saturated heterocycles. The second kappa shape index (κ2) is 6.04. The van der Waals surface area contributed by atoms with Crippen LogP contribution in [0.2, 0.25) is 10.0 Å². The Morgan fingerprint density at radius 3 is 2.48 bits per heavy atom. The van der Waals surface area contributed by atoms with Crippen molar-refractivity contribution in [3.05, 3.63) is 50.4 Å². The number of nitrogen functional groups attached to an aromatic ring is 1. The van der Waals surface area contributed by atoms with Crippen molar-refractivity contribution in [2.24, 2.45) is 0 Å². The number of hydrogen-bond donors (Lipinski definition) is 2. The molecule has 0 fully saturated rings. The van der Waals surface area contributed by atoms with Crippen LogP contribution in [0.1, 0.15) is 5.56 Å². The van der Waals surface area contributed by atoms with Crippen LogP contribution in [0.5, 0.6) is 0 Å². The highest BCUT2D eigenvalue weighted by Gasteiger charge is 2.20. The van der Waals surface area contributed by atoms with Crippen molar-refractivity contribution >= 4 is 60.5 Å². The van der Waals surface area contributed by atoms with Gasteiger partial charge in [-0.25, -0.2) is 8.42 Å². The van der Waals surface area contributed by atoms with Gasteiger partial charge < -0.3 is 5.73 Å². The quantitative estimate of drug-likeness (QED) is 0.735. The number of anilines is 2. The minimum absolute atomic E-state index is 0.0560. The predicted octanol–water partition coefficient (Wildman–Crippen LogP) is 4.45. The summed E-state index contributed by atoms with van der Waals surface area (Å²) in [6.07, 6.45) is 0. The summed E-state index contributed by atoms with van der Waals surface area (Å²) in [6, 6.07) is 7.71. The second-order valence-corrected chi connectivity index (χ2v) is 7.75. The van der Waals surface area contributed by atoms with Crippen LogP contribution in [0.15, 0.2) is 39.7 Å². The van der Waals surface area contributed by atoms with E-state index in [9.17, 15) is 8.42 Å². The predicted molar refractivity (Wildman–Crippen MR) is 90.6 cm³/mol. The fraction of sp³-hybridized carbons (Fsp3) is 0.0769. The Morgan fingerprint density at radius 1 is 1.14 bits per heavy atom. The summed E-state index contributed by atoms with van der Waals surface area (Å²) in [6.45, 7) is 1.64. The lowest BCUT2D eigenvalue weighted by Crippen LogP contribution is -2.15. The van der Waals surface area contributed by atoms with Crippen LogP contribution >= 0.6 is 39.1 Å². The van der Waals surface area contributed by atoms with Crippen LogP contribution in [0.3, 0.4) is 0 Å². The molecule has 0 spiro atoms. The number of nitrogens with one attached hydrogen (secondary N) is 1. The average molecular weight is 410 g/mol. The van der Waals surface area contributed by atoms with E-state index in [2.05, 4.69) is 20.7 Å². The summed E-state index contributed by atoms with van der Waals surface area (Å²) in [7, 11) is -3.82. The molecule has 0 amide bonds. The number of benzene rings is 2. The Labute approximate surface area is 141 Å². The molecule has 0 saturated carbocycles. The van der Waals surface area contributed by atoms with E-state index < -0.39 is 10.0 Å². The standard InChI is InChI=1S/C13H11BrCl2N2O2S/c1-7-4-10(16)11(17)6-13(7)21(19,20)18-12-5-8(14)2-3-9(12)15/h2-6,18H,17H2,1H3. The molecular weight excluding hydrogens is 399 g/mol. The van der Waals surface area contributed by atoms with E-state index in [-0.39, 0.29) is 16.3 Å². The molecule has 112 valence electrons. The van der Waals surface area contributed by atoms with Crippen LogP contribution in [0.4, 0.5) is 11.4 Å². The van der Waals surface area contributed by atoms with Crippen LogP contribution in [0.25, 0.3) is 0 Å². The van der Waals surface area contributed by atoms with Gasteiger partial charge in [-0.3, -0.25) is 4.72 Å². The maximum absolute atomic E-state index is 12.5. The van der Waals surface area contributed by atoms with Gasteiger partial charge in [-0.05, 0) is 42.8 Å². The molecule has 0 heterocycles. The van der Waals surface area contributed by atoms with Crippen LogP contribution in [-0.2, 0) is 10.0 Å². The largest absolute Gasteiger partial charge is 0.397 e.